The minimum absolute atomic E-state index is 0.451. The Kier molecular flexibility index (Phi) is 2.57. The lowest BCUT2D eigenvalue weighted by Crippen LogP contribution is -2.33. The van der Waals surface area contributed by atoms with Gasteiger partial charge in [0.15, 0.2) is 0 Å². The van der Waals surface area contributed by atoms with Crippen molar-refractivity contribution in [3.05, 3.63) is 12.4 Å². The maximum absolute atomic E-state index is 5.38. The van der Waals surface area contributed by atoms with Crippen LogP contribution in [0, 0.1) is 0 Å². The predicted octanol–water partition coefficient (Wildman–Crippen LogP) is 0.0576. The van der Waals surface area contributed by atoms with Gasteiger partial charge in [0, 0.05) is 18.9 Å². The van der Waals surface area contributed by atoms with E-state index < -0.39 is 0 Å². The summed E-state index contributed by atoms with van der Waals surface area (Å²) in [6.07, 6.45) is 5.56. The first-order valence-electron chi connectivity index (χ1n) is 3.73. The maximum atomic E-state index is 5.38. The summed E-state index contributed by atoms with van der Waals surface area (Å²) >= 11 is 0. The molecule has 0 aromatic carbocycles. The highest BCUT2D eigenvalue weighted by atomic mass is 15.3. The quantitative estimate of drug-likeness (QED) is 0.584. The van der Waals surface area contributed by atoms with Crippen LogP contribution in [0.3, 0.4) is 0 Å². The molecule has 0 aromatic rings. The zero-order chi connectivity index (χ0) is 7.40. The van der Waals surface area contributed by atoms with E-state index in [1.54, 1.807) is 0 Å². The molecule has 0 radical (unpaired) electrons. The lowest BCUT2D eigenvalue weighted by Gasteiger charge is -2.21. The van der Waals surface area contributed by atoms with Gasteiger partial charge in [-0.1, -0.05) is 0 Å². The number of nitrogens with two attached hydrogens (primary N) is 1. The molecule has 10 heavy (non-hydrogen) atoms. The third-order valence-corrected chi connectivity index (χ3v) is 1.72. The molecule has 3 N–H and O–H groups in total. The van der Waals surface area contributed by atoms with Crippen LogP contribution < -0.4 is 11.1 Å². The van der Waals surface area contributed by atoms with Crippen LogP contribution in [0.25, 0.3) is 0 Å². The number of rotatable bonds is 3. The van der Waals surface area contributed by atoms with Crippen molar-refractivity contribution in [2.45, 2.75) is 19.5 Å². The Morgan fingerprint density at radius 1 is 1.70 bits per heavy atom. The van der Waals surface area contributed by atoms with E-state index in [-0.39, 0.29) is 0 Å². The highest BCUT2D eigenvalue weighted by molar-refractivity contribution is 4.91. The summed E-state index contributed by atoms with van der Waals surface area (Å²) in [5, 5.41) is 3.18. The Labute approximate surface area is 61.9 Å². The van der Waals surface area contributed by atoms with Crippen molar-refractivity contribution >= 4 is 0 Å². The van der Waals surface area contributed by atoms with Crippen molar-refractivity contribution in [1.29, 1.82) is 0 Å². The summed E-state index contributed by atoms with van der Waals surface area (Å²) in [5.74, 6) is 0. The Bertz CT molecular complexity index is 122. The van der Waals surface area contributed by atoms with Gasteiger partial charge in [0.1, 0.15) is 0 Å². The molecule has 0 bridgehead atoms. The molecular formula is C7H15N3. The van der Waals surface area contributed by atoms with Gasteiger partial charge in [0.2, 0.25) is 0 Å². The lowest BCUT2D eigenvalue weighted by molar-refractivity contribution is 0.296. The first kappa shape index (κ1) is 7.41. The van der Waals surface area contributed by atoms with Gasteiger partial charge in [-0.3, -0.25) is 0 Å². The fraction of sp³-hybridized carbons (Fsp3) is 0.714. The van der Waals surface area contributed by atoms with E-state index in [2.05, 4.69) is 23.3 Å². The molecule has 3 heteroatoms. The van der Waals surface area contributed by atoms with Gasteiger partial charge in [-0.25, -0.2) is 0 Å². The van der Waals surface area contributed by atoms with Crippen LogP contribution in [0.2, 0.25) is 0 Å². The van der Waals surface area contributed by atoms with Gasteiger partial charge in [-0.2, -0.15) is 0 Å². The van der Waals surface area contributed by atoms with Crippen molar-refractivity contribution < 1.29 is 0 Å². The largest absolute Gasteiger partial charge is 0.370 e. The molecule has 58 valence electrons. The lowest BCUT2D eigenvalue weighted by atomic mass is 10.4. The van der Waals surface area contributed by atoms with Crippen LogP contribution in [-0.4, -0.2) is 24.2 Å². The minimum atomic E-state index is 0.451. The topological polar surface area (TPSA) is 41.3 Å². The van der Waals surface area contributed by atoms with E-state index >= 15 is 0 Å². The summed E-state index contributed by atoms with van der Waals surface area (Å²) in [7, 11) is 0. The Balaban J connectivity index is 2.20. The second kappa shape index (κ2) is 3.46. The van der Waals surface area contributed by atoms with Crippen LogP contribution >= 0.6 is 0 Å². The van der Waals surface area contributed by atoms with Crippen LogP contribution in [0.1, 0.15) is 13.3 Å². The third kappa shape index (κ3) is 1.64. The van der Waals surface area contributed by atoms with Gasteiger partial charge < -0.3 is 16.0 Å². The normalized spacial score (nSPS) is 23.4. The van der Waals surface area contributed by atoms with E-state index in [1.165, 1.54) is 0 Å². The first-order valence-corrected chi connectivity index (χ1v) is 3.73. The summed E-state index contributed by atoms with van der Waals surface area (Å²) in [5.41, 5.74) is 5.38. The van der Waals surface area contributed by atoms with E-state index in [0.717, 1.165) is 19.5 Å². The molecule has 3 nitrogen and oxygen atoms in total. The van der Waals surface area contributed by atoms with Crippen LogP contribution in [0.5, 0.6) is 0 Å². The molecule has 1 atom stereocenters. The Hall–Kier alpha value is -0.700. The molecule has 0 saturated heterocycles. The van der Waals surface area contributed by atoms with Crippen molar-refractivity contribution in [3.8, 4) is 0 Å². The Morgan fingerprint density at radius 2 is 2.50 bits per heavy atom. The second-order valence-electron chi connectivity index (χ2n) is 2.54. The number of nitrogens with zero attached hydrogens (tertiary/aromatic N) is 1. The SMILES string of the molecule is CC1NC=CN1CCCN. The van der Waals surface area contributed by atoms with E-state index in [9.17, 15) is 0 Å². The van der Waals surface area contributed by atoms with Crippen molar-refractivity contribution in [3.63, 3.8) is 0 Å². The van der Waals surface area contributed by atoms with Crippen LogP contribution in [-0.2, 0) is 0 Å². The zero-order valence-corrected chi connectivity index (χ0v) is 6.38. The monoisotopic (exact) mass is 141 g/mol. The van der Waals surface area contributed by atoms with Gasteiger partial charge in [0.25, 0.3) is 0 Å². The highest BCUT2D eigenvalue weighted by Crippen LogP contribution is 2.03. The molecule has 0 aliphatic carbocycles. The number of hydrogen-bond donors (Lipinski definition) is 2. The van der Waals surface area contributed by atoms with Gasteiger partial charge in [-0.15, -0.1) is 0 Å². The molecule has 0 amide bonds. The molecule has 1 unspecified atom stereocenters. The van der Waals surface area contributed by atoms with Crippen molar-refractivity contribution in [1.82, 2.24) is 10.2 Å². The minimum Gasteiger partial charge on any atom is -0.370 e. The molecule has 1 aliphatic rings. The van der Waals surface area contributed by atoms with Gasteiger partial charge >= 0.3 is 0 Å². The third-order valence-electron chi connectivity index (χ3n) is 1.72. The average molecular weight is 141 g/mol. The fourth-order valence-electron chi connectivity index (χ4n) is 1.04. The maximum Gasteiger partial charge on any atom is 0.0952 e. The summed E-state index contributed by atoms with van der Waals surface area (Å²) in [4.78, 5) is 2.24. The van der Waals surface area contributed by atoms with Crippen molar-refractivity contribution in [2.75, 3.05) is 13.1 Å². The van der Waals surface area contributed by atoms with Gasteiger partial charge in [-0.05, 0) is 19.9 Å². The van der Waals surface area contributed by atoms with E-state index in [4.69, 9.17) is 5.73 Å². The molecule has 0 spiro atoms. The molecular weight excluding hydrogens is 126 g/mol. The van der Waals surface area contributed by atoms with Crippen LogP contribution in [0.4, 0.5) is 0 Å². The summed E-state index contributed by atoms with van der Waals surface area (Å²) in [6, 6.07) is 0. The first-order chi connectivity index (χ1) is 4.84. The smallest absolute Gasteiger partial charge is 0.0952 e. The zero-order valence-electron chi connectivity index (χ0n) is 6.38. The second-order valence-corrected chi connectivity index (χ2v) is 2.54. The molecule has 1 rings (SSSR count). The molecule has 1 heterocycles. The molecule has 1 aliphatic heterocycles. The number of hydrogen-bond acceptors (Lipinski definition) is 3. The van der Waals surface area contributed by atoms with Gasteiger partial charge in [0.05, 0.1) is 6.17 Å². The summed E-state index contributed by atoms with van der Waals surface area (Å²) < 4.78 is 0. The Morgan fingerprint density at radius 3 is 3.00 bits per heavy atom. The van der Waals surface area contributed by atoms with Crippen LogP contribution in [0.15, 0.2) is 12.4 Å². The molecule has 0 fully saturated rings. The predicted molar refractivity (Wildman–Crippen MR) is 42.1 cm³/mol. The summed E-state index contributed by atoms with van der Waals surface area (Å²) in [6.45, 7) is 3.97. The molecule has 0 aromatic heterocycles. The highest BCUT2D eigenvalue weighted by Gasteiger charge is 2.10. The average Bonchev–Trinajstić information content (AvgIpc) is 2.31. The standard InChI is InChI=1S/C7H15N3/c1-7-9-4-6-10(7)5-2-3-8/h4,6-7,9H,2-3,5,8H2,1H3. The fourth-order valence-corrected chi connectivity index (χ4v) is 1.04. The molecule has 0 saturated carbocycles. The number of nitrogens with one attached hydrogen (secondary N) is 1. The van der Waals surface area contributed by atoms with Crippen molar-refractivity contribution in [2.24, 2.45) is 5.73 Å². The van der Waals surface area contributed by atoms with E-state index in [1.807, 2.05) is 6.20 Å². The van der Waals surface area contributed by atoms with E-state index in [0.29, 0.717) is 6.17 Å².